The molecule has 3 N–H and O–H groups in total. The average molecular weight is 1170 g/mol. The normalized spacial score (nSPS) is 14.3. The van der Waals surface area contributed by atoms with Crippen LogP contribution in [0.15, 0.2) is 0 Å². The molecule has 0 aliphatic heterocycles. The maximum atomic E-state index is 12.9. The quantitative estimate of drug-likeness (QED) is 0.0222. The van der Waals surface area contributed by atoms with Crippen LogP contribution >= 0.6 is 15.6 Å². The summed E-state index contributed by atoms with van der Waals surface area (Å²) in [6.07, 6.45) is 36.5. The number of hydrogen-bond acceptors (Lipinski definition) is 15. The Morgan fingerprint density at radius 2 is 0.582 bits per heavy atom. The second-order valence-electron chi connectivity index (χ2n) is 22.2. The minimum atomic E-state index is -4.94. The molecule has 5 atom stereocenters. The highest BCUT2D eigenvalue weighted by atomic mass is 31.2. The van der Waals surface area contributed by atoms with Crippen LogP contribution in [0.3, 0.4) is 0 Å². The van der Waals surface area contributed by atoms with Crippen molar-refractivity contribution < 1.29 is 80.2 Å². The van der Waals surface area contributed by atoms with Crippen molar-refractivity contribution in [3.63, 3.8) is 0 Å². The van der Waals surface area contributed by atoms with Crippen LogP contribution in [0.4, 0.5) is 0 Å². The Morgan fingerprint density at radius 1 is 0.342 bits per heavy atom. The van der Waals surface area contributed by atoms with Crippen molar-refractivity contribution in [3.05, 3.63) is 0 Å². The third-order valence-electron chi connectivity index (χ3n) is 13.8. The fourth-order valence-electron chi connectivity index (χ4n) is 8.88. The first-order valence-corrected chi connectivity index (χ1v) is 34.6. The standard InChI is InChI=1S/C60H116O17P2/c1-6-9-12-15-17-19-20-23-26-30-34-39-44-58(63)71-50-56(77-60(65)46-41-36-31-27-24-21-22-25-28-33-37-42-53(4)5)52-75-79(68,69)73-48-54(61)47-72-78(66,67)74-51-55(49-70-57(62)43-38-32-14-11-8-3)76-59(64)45-40-35-29-18-16-13-10-7-2/h53-56,61H,6-52H2,1-5H3,(H,66,67)(H,68,69)/t54-,55+,56+/m0/s1. The number of rotatable bonds is 60. The lowest BCUT2D eigenvalue weighted by Gasteiger charge is -2.21. The first kappa shape index (κ1) is 77.1. The monoisotopic (exact) mass is 1170 g/mol. The predicted molar refractivity (Wildman–Crippen MR) is 312 cm³/mol. The van der Waals surface area contributed by atoms with Gasteiger partial charge in [0.05, 0.1) is 26.4 Å². The fourth-order valence-corrected chi connectivity index (χ4v) is 10.5. The van der Waals surface area contributed by atoms with Crippen LogP contribution < -0.4 is 0 Å². The van der Waals surface area contributed by atoms with Gasteiger partial charge in [0.15, 0.2) is 12.2 Å². The summed E-state index contributed by atoms with van der Waals surface area (Å²) in [5.41, 5.74) is 0. The van der Waals surface area contributed by atoms with E-state index in [1.165, 1.54) is 109 Å². The van der Waals surface area contributed by atoms with Gasteiger partial charge in [0.1, 0.15) is 19.3 Å². The summed E-state index contributed by atoms with van der Waals surface area (Å²) >= 11 is 0. The van der Waals surface area contributed by atoms with Crippen molar-refractivity contribution >= 4 is 39.5 Å². The molecule has 0 aliphatic rings. The Balaban J connectivity index is 5.17. The highest BCUT2D eigenvalue weighted by Gasteiger charge is 2.30. The van der Waals surface area contributed by atoms with E-state index in [2.05, 4.69) is 34.6 Å². The largest absolute Gasteiger partial charge is 0.472 e. The van der Waals surface area contributed by atoms with Crippen LogP contribution in [0.25, 0.3) is 0 Å². The molecule has 79 heavy (non-hydrogen) atoms. The molecule has 0 fully saturated rings. The Morgan fingerprint density at radius 3 is 0.861 bits per heavy atom. The average Bonchev–Trinajstić information content (AvgIpc) is 3.41. The molecule has 0 bridgehead atoms. The van der Waals surface area contributed by atoms with E-state index in [-0.39, 0.29) is 25.7 Å². The number of hydrogen-bond donors (Lipinski definition) is 3. The SMILES string of the molecule is CCCCCCCCCCCCCCC(=O)OC[C@H](COP(=O)(O)OC[C@@H](O)COP(=O)(O)OC[C@@H](COC(=O)CCCCCCC)OC(=O)CCCCCCCCCC)OC(=O)CCCCCCCCCCCCCC(C)C. The van der Waals surface area contributed by atoms with Crippen molar-refractivity contribution in [1.29, 1.82) is 0 Å². The maximum Gasteiger partial charge on any atom is 0.472 e. The van der Waals surface area contributed by atoms with Crippen LogP contribution in [0.1, 0.15) is 298 Å². The smallest absolute Gasteiger partial charge is 0.462 e. The summed E-state index contributed by atoms with van der Waals surface area (Å²) in [5.74, 6) is -1.39. The van der Waals surface area contributed by atoms with E-state index in [0.29, 0.717) is 25.7 Å². The molecular weight excluding hydrogens is 1050 g/mol. The van der Waals surface area contributed by atoms with Gasteiger partial charge in [-0.2, -0.15) is 0 Å². The number of phosphoric acid groups is 2. The van der Waals surface area contributed by atoms with Gasteiger partial charge in [0, 0.05) is 25.7 Å². The maximum absolute atomic E-state index is 12.9. The number of carbonyl (C=O) groups excluding carboxylic acids is 4. The lowest BCUT2D eigenvalue weighted by Crippen LogP contribution is -2.30. The van der Waals surface area contributed by atoms with Crippen LogP contribution in [-0.4, -0.2) is 96.7 Å². The summed E-state index contributed by atoms with van der Waals surface area (Å²) in [5, 5.41) is 10.5. The number of aliphatic hydroxyl groups excluding tert-OH is 1. The molecular formula is C60H116O17P2. The highest BCUT2D eigenvalue weighted by Crippen LogP contribution is 2.45. The Kier molecular flexibility index (Phi) is 52.7. The van der Waals surface area contributed by atoms with E-state index in [4.69, 9.17) is 37.0 Å². The lowest BCUT2D eigenvalue weighted by atomic mass is 10.0. The van der Waals surface area contributed by atoms with E-state index in [0.717, 1.165) is 109 Å². The zero-order valence-electron chi connectivity index (χ0n) is 50.5. The molecule has 0 aliphatic carbocycles. The van der Waals surface area contributed by atoms with Gasteiger partial charge in [-0.3, -0.25) is 37.3 Å². The number of unbranched alkanes of at least 4 members (excludes halogenated alkanes) is 32. The molecule has 17 nitrogen and oxygen atoms in total. The van der Waals surface area contributed by atoms with Gasteiger partial charge in [-0.05, 0) is 31.6 Å². The predicted octanol–water partition coefficient (Wildman–Crippen LogP) is 16.2. The molecule has 0 amide bonds. The van der Waals surface area contributed by atoms with E-state index in [9.17, 15) is 43.2 Å². The van der Waals surface area contributed by atoms with Crippen LogP contribution in [0, 0.1) is 5.92 Å². The van der Waals surface area contributed by atoms with Crippen molar-refractivity contribution in [2.24, 2.45) is 5.92 Å². The van der Waals surface area contributed by atoms with Gasteiger partial charge in [0.2, 0.25) is 0 Å². The van der Waals surface area contributed by atoms with Crippen molar-refractivity contribution in [1.82, 2.24) is 0 Å². The number of phosphoric ester groups is 2. The Hall–Kier alpha value is -1.94. The first-order chi connectivity index (χ1) is 38.0. The second-order valence-corrected chi connectivity index (χ2v) is 25.1. The van der Waals surface area contributed by atoms with Crippen molar-refractivity contribution in [2.45, 2.75) is 316 Å². The molecule has 0 saturated heterocycles. The number of esters is 4. The molecule has 0 spiro atoms. The Labute approximate surface area is 479 Å². The third kappa shape index (κ3) is 55.0. The van der Waals surface area contributed by atoms with Crippen LogP contribution in [0.2, 0.25) is 0 Å². The zero-order valence-corrected chi connectivity index (χ0v) is 52.3. The molecule has 0 radical (unpaired) electrons. The van der Waals surface area contributed by atoms with E-state index in [1.54, 1.807) is 0 Å². The molecule has 2 unspecified atom stereocenters. The lowest BCUT2D eigenvalue weighted by molar-refractivity contribution is -0.161. The van der Waals surface area contributed by atoms with Gasteiger partial charge < -0.3 is 33.8 Å². The van der Waals surface area contributed by atoms with Gasteiger partial charge in [-0.15, -0.1) is 0 Å². The number of carbonyl (C=O) groups is 4. The second kappa shape index (κ2) is 54.0. The first-order valence-electron chi connectivity index (χ1n) is 31.6. The molecule has 0 aromatic carbocycles. The van der Waals surface area contributed by atoms with E-state index in [1.807, 2.05) is 0 Å². The number of aliphatic hydroxyl groups is 1. The topological polar surface area (TPSA) is 237 Å². The molecule has 0 aromatic rings. The minimum absolute atomic E-state index is 0.104. The van der Waals surface area contributed by atoms with Crippen molar-refractivity contribution in [3.8, 4) is 0 Å². The molecule has 0 rings (SSSR count). The minimum Gasteiger partial charge on any atom is -0.462 e. The molecule has 0 saturated carbocycles. The zero-order chi connectivity index (χ0) is 58.5. The number of ether oxygens (including phenoxy) is 4. The Bertz CT molecular complexity index is 1550. The summed E-state index contributed by atoms with van der Waals surface area (Å²) in [4.78, 5) is 71.7. The fraction of sp³-hybridized carbons (Fsp3) is 0.933. The summed E-state index contributed by atoms with van der Waals surface area (Å²) < 4.78 is 67.6. The molecule has 19 heteroatoms. The summed E-state index contributed by atoms with van der Waals surface area (Å²) in [6, 6.07) is 0. The van der Waals surface area contributed by atoms with Crippen molar-refractivity contribution in [2.75, 3.05) is 39.6 Å². The van der Waals surface area contributed by atoms with Gasteiger partial charge in [-0.1, -0.05) is 247 Å². The van der Waals surface area contributed by atoms with Crippen LogP contribution in [-0.2, 0) is 65.4 Å². The van der Waals surface area contributed by atoms with E-state index >= 15 is 0 Å². The third-order valence-corrected chi connectivity index (χ3v) is 15.7. The summed E-state index contributed by atoms with van der Waals surface area (Å²) in [6.45, 7) is 7.05. The molecule has 0 aromatic heterocycles. The van der Waals surface area contributed by atoms with Gasteiger partial charge in [-0.25, -0.2) is 9.13 Å². The van der Waals surface area contributed by atoms with Crippen LogP contribution in [0.5, 0.6) is 0 Å². The summed E-state index contributed by atoms with van der Waals surface area (Å²) in [7, 11) is -9.87. The van der Waals surface area contributed by atoms with Gasteiger partial charge >= 0.3 is 39.5 Å². The van der Waals surface area contributed by atoms with Gasteiger partial charge in [0.25, 0.3) is 0 Å². The molecule has 468 valence electrons. The van der Waals surface area contributed by atoms with E-state index < -0.39 is 97.5 Å². The highest BCUT2D eigenvalue weighted by molar-refractivity contribution is 7.47. The molecule has 0 heterocycles.